The van der Waals surface area contributed by atoms with Gasteiger partial charge in [0.05, 0.1) is 11.5 Å². The zero-order chi connectivity index (χ0) is 15.8. The topological polar surface area (TPSA) is 110 Å². The van der Waals surface area contributed by atoms with Crippen molar-refractivity contribution in [3.8, 4) is 0 Å². The number of nitrogens with one attached hydrogen (secondary N) is 1. The van der Waals surface area contributed by atoms with Gasteiger partial charge < -0.3 is 25.3 Å². The Morgan fingerprint density at radius 2 is 2.00 bits per heavy atom. The summed E-state index contributed by atoms with van der Waals surface area (Å²) >= 11 is 0. The second-order valence-corrected chi connectivity index (χ2v) is 5.99. The first-order chi connectivity index (χ1) is 9.78. The normalized spacial score (nSPS) is 32.3. The van der Waals surface area contributed by atoms with Crippen LogP contribution < -0.4 is 5.32 Å². The highest BCUT2D eigenvalue weighted by Crippen LogP contribution is 2.32. The number of likely N-dealkylation sites (tertiary alicyclic amines) is 2. The maximum absolute atomic E-state index is 12.5. The number of aliphatic carboxylic acids is 1. The molecule has 8 heteroatoms. The molecule has 0 aromatic heterocycles. The van der Waals surface area contributed by atoms with Gasteiger partial charge in [0, 0.05) is 33.1 Å². The fourth-order valence-corrected chi connectivity index (χ4v) is 3.05. The van der Waals surface area contributed by atoms with Crippen molar-refractivity contribution in [3.05, 3.63) is 0 Å². The van der Waals surface area contributed by atoms with E-state index in [0.29, 0.717) is 13.0 Å². The lowest BCUT2D eigenvalue weighted by Crippen LogP contribution is -2.48. The van der Waals surface area contributed by atoms with Gasteiger partial charge in [0.1, 0.15) is 6.04 Å². The zero-order valence-corrected chi connectivity index (χ0v) is 12.2. The summed E-state index contributed by atoms with van der Waals surface area (Å²) in [4.78, 5) is 38.1. The molecule has 2 saturated heterocycles. The van der Waals surface area contributed by atoms with E-state index < -0.39 is 29.6 Å². The molecule has 8 nitrogen and oxygen atoms in total. The van der Waals surface area contributed by atoms with E-state index in [0.717, 1.165) is 0 Å². The Balaban J connectivity index is 2.08. The molecule has 2 aliphatic rings. The maximum Gasteiger partial charge on any atom is 0.326 e. The average molecular weight is 299 g/mol. The van der Waals surface area contributed by atoms with E-state index in [-0.39, 0.29) is 25.4 Å². The second kappa shape index (κ2) is 5.51. The lowest BCUT2D eigenvalue weighted by molar-refractivity contribution is -0.141. The van der Waals surface area contributed by atoms with Crippen LogP contribution in [-0.4, -0.2) is 76.7 Å². The summed E-state index contributed by atoms with van der Waals surface area (Å²) in [5.41, 5.74) is -0.651. The molecule has 0 radical (unpaired) electrons. The summed E-state index contributed by atoms with van der Waals surface area (Å²) in [7, 11) is 1.55. The van der Waals surface area contributed by atoms with Gasteiger partial charge in [-0.1, -0.05) is 0 Å². The molecule has 3 amide bonds. The van der Waals surface area contributed by atoms with Crippen LogP contribution in [0.2, 0.25) is 0 Å². The van der Waals surface area contributed by atoms with E-state index in [2.05, 4.69) is 5.32 Å². The number of carbonyl (C=O) groups is 3. The maximum atomic E-state index is 12.5. The fraction of sp³-hybridized carbons (Fsp3) is 0.769. The van der Waals surface area contributed by atoms with E-state index in [1.165, 1.54) is 9.80 Å². The highest BCUT2D eigenvalue weighted by molar-refractivity contribution is 5.86. The van der Waals surface area contributed by atoms with Gasteiger partial charge in [0.25, 0.3) is 0 Å². The first-order valence-electron chi connectivity index (χ1n) is 6.97. The number of urea groups is 1. The van der Waals surface area contributed by atoms with Crippen LogP contribution in [0.1, 0.15) is 19.8 Å². The van der Waals surface area contributed by atoms with E-state index in [1.807, 2.05) is 0 Å². The van der Waals surface area contributed by atoms with Gasteiger partial charge in [-0.3, -0.25) is 4.79 Å². The number of hydrogen-bond donors (Lipinski definition) is 3. The molecule has 0 aromatic rings. The van der Waals surface area contributed by atoms with Crippen molar-refractivity contribution in [3.63, 3.8) is 0 Å². The largest absolute Gasteiger partial charge is 0.480 e. The van der Waals surface area contributed by atoms with Gasteiger partial charge in [-0.15, -0.1) is 0 Å². The Bertz CT molecular complexity index is 469. The molecular formula is C13H21N3O5. The van der Waals surface area contributed by atoms with Crippen molar-refractivity contribution in [2.24, 2.45) is 5.41 Å². The molecule has 3 N–H and O–H groups in total. The predicted octanol–water partition coefficient (Wildman–Crippen LogP) is -0.916. The Labute approximate surface area is 122 Å². The van der Waals surface area contributed by atoms with Gasteiger partial charge >= 0.3 is 12.0 Å². The Kier molecular flexibility index (Phi) is 4.08. The summed E-state index contributed by atoms with van der Waals surface area (Å²) in [5.74, 6) is -1.25. The third-order valence-corrected chi connectivity index (χ3v) is 4.33. The second-order valence-electron chi connectivity index (χ2n) is 5.99. The lowest BCUT2D eigenvalue weighted by Gasteiger charge is -2.28. The number of hydrogen-bond acceptors (Lipinski definition) is 4. The lowest BCUT2D eigenvalue weighted by atomic mass is 9.89. The van der Waals surface area contributed by atoms with Crippen LogP contribution in [0.5, 0.6) is 0 Å². The molecule has 0 spiro atoms. The molecular weight excluding hydrogens is 278 g/mol. The standard InChI is InChI=1S/C13H21N3O5/c1-13(11(20)14-2)3-4-15(7-13)12(21)16-6-8(17)5-9(16)10(18)19/h8-9,17H,3-7H2,1-2H3,(H,14,20)(H,18,19)/t8-,9-,13?/m1/s1. The number of carboxylic acid groups (broad SMARTS) is 1. The Hall–Kier alpha value is -1.83. The quantitative estimate of drug-likeness (QED) is 0.611. The number of amides is 3. The number of aliphatic hydroxyl groups excluding tert-OH is 1. The minimum Gasteiger partial charge on any atom is -0.480 e. The number of rotatable bonds is 2. The van der Waals surface area contributed by atoms with Crippen LogP contribution in [0.15, 0.2) is 0 Å². The highest BCUT2D eigenvalue weighted by Gasteiger charge is 2.46. The number of carbonyl (C=O) groups excluding carboxylic acids is 2. The molecule has 0 bridgehead atoms. The summed E-state index contributed by atoms with van der Waals surface area (Å²) in [6.07, 6.45) is -0.239. The van der Waals surface area contributed by atoms with Crippen LogP contribution in [0.25, 0.3) is 0 Å². The Morgan fingerprint density at radius 1 is 1.33 bits per heavy atom. The monoisotopic (exact) mass is 299 g/mol. The van der Waals surface area contributed by atoms with Crippen LogP contribution in [0.3, 0.4) is 0 Å². The Morgan fingerprint density at radius 3 is 2.57 bits per heavy atom. The molecule has 0 aliphatic carbocycles. The first-order valence-corrected chi connectivity index (χ1v) is 6.97. The average Bonchev–Trinajstić information content (AvgIpc) is 3.01. The molecule has 21 heavy (non-hydrogen) atoms. The van der Waals surface area contributed by atoms with Gasteiger partial charge in [-0.2, -0.15) is 0 Å². The summed E-state index contributed by atoms with van der Waals surface area (Å²) in [6.45, 7) is 2.46. The first kappa shape index (κ1) is 15.6. The van der Waals surface area contributed by atoms with E-state index in [4.69, 9.17) is 5.11 Å². The predicted molar refractivity (Wildman–Crippen MR) is 72.5 cm³/mol. The third kappa shape index (κ3) is 2.80. The van der Waals surface area contributed by atoms with Gasteiger partial charge in [0.2, 0.25) is 5.91 Å². The fourth-order valence-electron chi connectivity index (χ4n) is 3.05. The zero-order valence-electron chi connectivity index (χ0n) is 12.2. The van der Waals surface area contributed by atoms with Crippen molar-refractivity contribution in [1.29, 1.82) is 0 Å². The van der Waals surface area contributed by atoms with E-state index in [1.54, 1.807) is 14.0 Å². The number of aliphatic hydroxyl groups is 1. The molecule has 1 unspecified atom stereocenters. The van der Waals surface area contributed by atoms with Crippen molar-refractivity contribution < 1.29 is 24.6 Å². The van der Waals surface area contributed by atoms with Crippen molar-refractivity contribution in [1.82, 2.24) is 15.1 Å². The summed E-state index contributed by atoms with van der Waals surface area (Å²) in [5, 5.41) is 21.3. The highest BCUT2D eigenvalue weighted by atomic mass is 16.4. The van der Waals surface area contributed by atoms with Crippen molar-refractivity contribution in [2.45, 2.75) is 31.9 Å². The van der Waals surface area contributed by atoms with E-state index in [9.17, 15) is 19.5 Å². The van der Waals surface area contributed by atoms with E-state index >= 15 is 0 Å². The number of carboxylic acids is 1. The number of nitrogens with zero attached hydrogens (tertiary/aromatic N) is 2. The van der Waals surface area contributed by atoms with Crippen LogP contribution in [0, 0.1) is 5.41 Å². The molecule has 2 heterocycles. The van der Waals surface area contributed by atoms with Crippen molar-refractivity contribution >= 4 is 17.9 Å². The summed E-state index contributed by atoms with van der Waals surface area (Å²) in [6, 6.07) is -1.43. The van der Waals surface area contributed by atoms with Crippen LogP contribution in [0.4, 0.5) is 4.79 Å². The molecule has 2 aliphatic heterocycles. The van der Waals surface area contributed by atoms with Gasteiger partial charge in [-0.05, 0) is 13.3 Å². The molecule has 3 atom stereocenters. The summed E-state index contributed by atoms with van der Waals surface area (Å²) < 4.78 is 0. The number of β-amino-alcohol motifs (C(OH)–C–C–N with tert-alkyl or cyclic N) is 1. The van der Waals surface area contributed by atoms with Crippen LogP contribution >= 0.6 is 0 Å². The molecule has 2 fully saturated rings. The molecule has 0 saturated carbocycles. The van der Waals surface area contributed by atoms with Crippen molar-refractivity contribution in [2.75, 3.05) is 26.7 Å². The molecule has 118 valence electrons. The molecule has 2 rings (SSSR count). The van der Waals surface area contributed by atoms with Gasteiger partial charge in [0.15, 0.2) is 0 Å². The molecule has 0 aromatic carbocycles. The minimum absolute atomic E-state index is 0.0169. The van der Waals surface area contributed by atoms with Crippen LogP contribution in [-0.2, 0) is 9.59 Å². The SMILES string of the molecule is CNC(=O)C1(C)CCN(C(=O)N2C[C@H](O)C[C@@H]2C(=O)O)C1. The minimum atomic E-state index is -1.12. The third-order valence-electron chi connectivity index (χ3n) is 4.33. The van der Waals surface area contributed by atoms with Gasteiger partial charge in [-0.25, -0.2) is 9.59 Å². The smallest absolute Gasteiger partial charge is 0.326 e.